The smallest absolute Gasteiger partial charge is 0.127 e. The molecule has 0 bridgehead atoms. The topological polar surface area (TPSA) is 21.3 Å². The Morgan fingerprint density at radius 2 is 1.62 bits per heavy atom. The fraction of sp³-hybridized carbons (Fsp3) is 0.368. The first-order valence-corrected chi connectivity index (χ1v) is 7.73. The molecule has 0 saturated heterocycles. The highest BCUT2D eigenvalue weighted by atomic mass is 16.5. The van der Waals surface area contributed by atoms with Gasteiger partial charge in [-0.3, -0.25) is 0 Å². The van der Waals surface area contributed by atoms with Crippen molar-refractivity contribution in [1.29, 1.82) is 0 Å². The van der Waals surface area contributed by atoms with E-state index in [9.17, 15) is 0 Å². The SMILES string of the molecule is CC1(C)CCCC1Nc1ccc(Oc2ccccc2)cc1. The summed E-state index contributed by atoms with van der Waals surface area (Å²) in [5.41, 5.74) is 1.56. The third-order valence-corrected chi connectivity index (χ3v) is 4.43. The van der Waals surface area contributed by atoms with Crippen LogP contribution in [0, 0.1) is 5.41 Å². The van der Waals surface area contributed by atoms with Crippen molar-refractivity contribution in [3.63, 3.8) is 0 Å². The summed E-state index contributed by atoms with van der Waals surface area (Å²) in [6.07, 6.45) is 3.88. The highest BCUT2D eigenvalue weighted by Crippen LogP contribution is 2.39. The normalized spacial score (nSPS) is 20.2. The number of hydrogen-bond acceptors (Lipinski definition) is 2. The van der Waals surface area contributed by atoms with E-state index in [4.69, 9.17) is 4.74 Å². The molecule has 0 spiro atoms. The van der Waals surface area contributed by atoms with Crippen LogP contribution in [0.1, 0.15) is 33.1 Å². The lowest BCUT2D eigenvalue weighted by molar-refractivity contribution is 0.350. The van der Waals surface area contributed by atoms with Crippen molar-refractivity contribution in [2.24, 2.45) is 5.41 Å². The second kappa shape index (κ2) is 5.80. The highest BCUT2D eigenvalue weighted by molar-refractivity contribution is 5.48. The molecule has 0 radical (unpaired) electrons. The van der Waals surface area contributed by atoms with Gasteiger partial charge in [-0.25, -0.2) is 0 Å². The number of hydrogen-bond donors (Lipinski definition) is 1. The van der Waals surface area contributed by atoms with Crippen LogP contribution in [0.25, 0.3) is 0 Å². The maximum atomic E-state index is 5.82. The summed E-state index contributed by atoms with van der Waals surface area (Å²) in [5, 5.41) is 3.67. The summed E-state index contributed by atoms with van der Waals surface area (Å²) in [6, 6.07) is 18.7. The van der Waals surface area contributed by atoms with Gasteiger partial charge in [-0.15, -0.1) is 0 Å². The van der Waals surface area contributed by atoms with Crippen molar-refractivity contribution in [3.8, 4) is 11.5 Å². The van der Waals surface area contributed by atoms with E-state index in [1.165, 1.54) is 24.9 Å². The summed E-state index contributed by atoms with van der Waals surface area (Å²) in [6.45, 7) is 4.70. The molecule has 1 fully saturated rings. The fourth-order valence-corrected chi connectivity index (χ4v) is 3.04. The molecule has 1 atom stereocenters. The Labute approximate surface area is 127 Å². The highest BCUT2D eigenvalue weighted by Gasteiger charge is 2.34. The monoisotopic (exact) mass is 281 g/mol. The van der Waals surface area contributed by atoms with E-state index in [0.29, 0.717) is 11.5 Å². The van der Waals surface area contributed by atoms with Crippen LogP contribution in [0.4, 0.5) is 5.69 Å². The van der Waals surface area contributed by atoms with Crippen LogP contribution in [0.15, 0.2) is 54.6 Å². The number of para-hydroxylation sites is 1. The minimum Gasteiger partial charge on any atom is -0.457 e. The zero-order valence-electron chi connectivity index (χ0n) is 12.8. The van der Waals surface area contributed by atoms with Crippen molar-refractivity contribution in [2.45, 2.75) is 39.2 Å². The summed E-state index contributed by atoms with van der Waals surface area (Å²) in [5.74, 6) is 1.74. The van der Waals surface area contributed by atoms with Crippen LogP contribution in [0.2, 0.25) is 0 Å². The van der Waals surface area contributed by atoms with Gasteiger partial charge in [-0.05, 0) is 54.7 Å². The Morgan fingerprint density at radius 1 is 0.952 bits per heavy atom. The van der Waals surface area contributed by atoms with E-state index < -0.39 is 0 Å². The molecule has 1 N–H and O–H groups in total. The summed E-state index contributed by atoms with van der Waals surface area (Å²) in [7, 11) is 0. The van der Waals surface area contributed by atoms with Crippen LogP contribution in [0.3, 0.4) is 0 Å². The molecule has 2 heteroatoms. The Kier molecular flexibility index (Phi) is 3.87. The minimum absolute atomic E-state index is 0.388. The quantitative estimate of drug-likeness (QED) is 0.802. The van der Waals surface area contributed by atoms with Crippen molar-refractivity contribution < 1.29 is 4.74 Å². The first-order valence-electron chi connectivity index (χ1n) is 7.73. The Hall–Kier alpha value is -1.96. The average molecular weight is 281 g/mol. The largest absolute Gasteiger partial charge is 0.457 e. The van der Waals surface area contributed by atoms with Crippen LogP contribution in [0.5, 0.6) is 11.5 Å². The molecule has 110 valence electrons. The Bertz CT molecular complexity index is 574. The number of benzene rings is 2. The van der Waals surface area contributed by atoms with Gasteiger partial charge in [0.2, 0.25) is 0 Å². The average Bonchev–Trinajstić information content (AvgIpc) is 2.81. The van der Waals surface area contributed by atoms with E-state index >= 15 is 0 Å². The van der Waals surface area contributed by atoms with E-state index in [1.54, 1.807) is 0 Å². The van der Waals surface area contributed by atoms with Crippen molar-refractivity contribution in [1.82, 2.24) is 0 Å². The van der Waals surface area contributed by atoms with Gasteiger partial charge in [0.05, 0.1) is 0 Å². The molecule has 0 amide bonds. The van der Waals surface area contributed by atoms with Gasteiger partial charge in [-0.2, -0.15) is 0 Å². The maximum absolute atomic E-state index is 5.82. The lowest BCUT2D eigenvalue weighted by Gasteiger charge is -2.28. The molecule has 1 unspecified atom stereocenters. The van der Waals surface area contributed by atoms with Gasteiger partial charge in [0.1, 0.15) is 11.5 Å². The lowest BCUT2D eigenvalue weighted by atomic mass is 9.87. The predicted octanol–water partition coefficient (Wildman–Crippen LogP) is 5.47. The van der Waals surface area contributed by atoms with Gasteiger partial charge in [-0.1, -0.05) is 38.5 Å². The van der Waals surface area contributed by atoms with E-state index in [0.717, 1.165) is 11.5 Å². The molecule has 2 nitrogen and oxygen atoms in total. The molecule has 0 aliphatic heterocycles. The number of rotatable bonds is 4. The molecule has 0 heterocycles. The van der Waals surface area contributed by atoms with Crippen molar-refractivity contribution in [2.75, 3.05) is 5.32 Å². The molecule has 2 aromatic carbocycles. The summed E-state index contributed by atoms with van der Waals surface area (Å²) < 4.78 is 5.82. The molecule has 2 aromatic rings. The predicted molar refractivity (Wildman–Crippen MR) is 88.0 cm³/mol. The molecule has 21 heavy (non-hydrogen) atoms. The fourth-order valence-electron chi connectivity index (χ4n) is 3.04. The lowest BCUT2D eigenvalue weighted by Crippen LogP contribution is -2.30. The van der Waals surface area contributed by atoms with E-state index in [1.807, 2.05) is 42.5 Å². The second-order valence-electron chi connectivity index (χ2n) is 6.52. The van der Waals surface area contributed by atoms with Gasteiger partial charge < -0.3 is 10.1 Å². The third-order valence-electron chi connectivity index (χ3n) is 4.43. The second-order valence-corrected chi connectivity index (χ2v) is 6.52. The first-order chi connectivity index (χ1) is 10.1. The van der Waals surface area contributed by atoms with Crippen molar-refractivity contribution in [3.05, 3.63) is 54.6 Å². The third kappa shape index (κ3) is 3.38. The number of anilines is 1. The number of nitrogens with one attached hydrogen (secondary N) is 1. The van der Waals surface area contributed by atoms with Crippen LogP contribution >= 0.6 is 0 Å². The van der Waals surface area contributed by atoms with Gasteiger partial charge in [0.25, 0.3) is 0 Å². The number of ether oxygens (including phenoxy) is 1. The standard InChI is InChI=1S/C19H23NO/c1-19(2)14-6-9-18(19)20-15-10-12-17(13-11-15)21-16-7-4-3-5-8-16/h3-5,7-8,10-13,18,20H,6,9,14H2,1-2H3. The van der Waals surface area contributed by atoms with Crippen LogP contribution in [-0.2, 0) is 0 Å². The summed E-state index contributed by atoms with van der Waals surface area (Å²) in [4.78, 5) is 0. The summed E-state index contributed by atoms with van der Waals surface area (Å²) >= 11 is 0. The van der Waals surface area contributed by atoms with E-state index in [-0.39, 0.29) is 0 Å². The zero-order valence-corrected chi connectivity index (χ0v) is 12.8. The Morgan fingerprint density at radius 3 is 2.24 bits per heavy atom. The van der Waals surface area contributed by atoms with E-state index in [2.05, 4.69) is 31.3 Å². The van der Waals surface area contributed by atoms with Gasteiger partial charge in [0, 0.05) is 11.7 Å². The van der Waals surface area contributed by atoms with Gasteiger partial charge in [0.15, 0.2) is 0 Å². The van der Waals surface area contributed by atoms with Gasteiger partial charge >= 0.3 is 0 Å². The van der Waals surface area contributed by atoms with Crippen molar-refractivity contribution >= 4 is 5.69 Å². The zero-order chi connectivity index (χ0) is 14.7. The molecule has 3 rings (SSSR count). The van der Waals surface area contributed by atoms with Crippen LogP contribution in [-0.4, -0.2) is 6.04 Å². The molecular formula is C19H23NO. The minimum atomic E-state index is 0.388. The molecule has 1 saturated carbocycles. The first kappa shape index (κ1) is 14.0. The molecule has 1 aliphatic rings. The molecule has 1 aliphatic carbocycles. The molecule has 0 aromatic heterocycles. The van der Waals surface area contributed by atoms with Crippen LogP contribution < -0.4 is 10.1 Å². The Balaban J connectivity index is 1.64. The molecular weight excluding hydrogens is 258 g/mol. The maximum Gasteiger partial charge on any atom is 0.127 e.